The van der Waals surface area contributed by atoms with Gasteiger partial charge in [0, 0.05) is 18.8 Å². The molecule has 0 fully saturated rings. The van der Waals surface area contributed by atoms with Crippen LogP contribution in [0.1, 0.15) is 30.0 Å². The van der Waals surface area contributed by atoms with Gasteiger partial charge in [0.1, 0.15) is 17.6 Å². The van der Waals surface area contributed by atoms with Crippen LogP contribution < -0.4 is 10.6 Å². The molecule has 2 atom stereocenters. The van der Waals surface area contributed by atoms with E-state index in [9.17, 15) is 0 Å². The Labute approximate surface area is 119 Å². The molecule has 0 aliphatic rings. The number of nitrogens with two attached hydrogens (primary N) is 1. The summed E-state index contributed by atoms with van der Waals surface area (Å²) in [6, 6.07) is 13.3. The van der Waals surface area contributed by atoms with Crippen LogP contribution in [0.4, 0.5) is 5.69 Å². The molecule has 0 saturated carbocycles. The minimum atomic E-state index is -0.0822. The zero-order chi connectivity index (χ0) is 14.7. The third-order valence-corrected chi connectivity index (χ3v) is 3.37. The number of anilines is 1. The van der Waals surface area contributed by atoms with Crippen molar-refractivity contribution in [3.8, 4) is 6.07 Å². The number of rotatable bonds is 4. The number of aryl methyl sites for hydroxylation is 1. The van der Waals surface area contributed by atoms with E-state index in [0.29, 0.717) is 5.56 Å². The molecule has 2 rings (SSSR count). The Morgan fingerprint density at radius 2 is 1.85 bits per heavy atom. The fraction of sp³-hybridized carbons (Fsp3) is 0.312. The average molecular weight is 269 g/mol. The van der Waals surface area contributed by atoms with Crippen LogP contribution in [0.2, 0.25) is 0 Å². The van der Waals surface area contributed by atoms with Crippen LogP contribution in [0.15, 0.2) is 40.8 Å². The van der Waals surface area contributed by atoms with Crippen LogP contribution in [0, 0.1) is 18.3 Å². The van der Waals surface area contributed by atoms with E-state index in [1.165, 1.54) is 0 Å². The van der Waals surface area contributed by atoms with Crippen LogP contribution >= 0.6 is 0 Å². The topological polar surface area (TPSA) is 66.2 Å². The van der Waals surface area contributed by atoms with Crippen molar-refractivity contribution < 1.29 is 4.42 Å². The monoisotopic (exact) mass is 269 g/mol. The molecule has 0 amide bonds. The van der Waals surface area contributed by atoms with E-state index in [-0.39, 0.29) is 12.1 Å². The summed E-state index contributed by atoms with van der Waals surface area (Å²) in [6.45, 7) is 3.88. The molecule has 1 aromatic carbocycles. The van der Waals surface area contributed by atoms with Gasteiger partial charge in [-0.3, -0.25) is 0 Å². The molecular weight excluding hydrogens is 250 g/mol. The Morgan fingerprint density at radius 1 is 1.20 bits per heavy atom. The number of nitriles is 1. The second kappa shape index (κ2) is 5.81. The summed E-state index contributed by atoms with van der Waals surface area (Å²) in [6.07, 6.45) is 0. The quantitative estimate of drug-likeness (QED) is 0.926. The minimum Gasteiger partial charge on any atom is -0.464 e. The summed E-state index contributed by atoms with van der Waals surface area (Å²) < 4.78 is 5.72. The van der Waals surface area contributed by atoms with Crippen molar-refractivity contribution in [2.75, 3.05) is 11.9 Å². The van der Waals surface area contributed by atoms with Gasteiger partial charge >= 0.3 is 0 Å². The zero-order valence-corrected chi connectivity index (χ0v) is 12.0. The van der Waals surface area contributed by atoms with Gasteiger partial charge in [0.05, 0.1) is 11.6 Å². The lowest BCUT2D eigenvalue weighted by atomic mass is 10.1. The minimum absolute atomic E-state index is 0.0448. The van der Waals surface area contributed by atoms with E-state index in [4.69, 9.17) is 15.4 Å². The van der Waals surface area contributed by atoms with Gasteiger partial charge in [-0.05, 0) is 50.2 Å². The van der Waals surface area contributed by atoms with Gasteiger partial charge in [-0.15, -0.1) is 0 Å². The molecule has 0 bridgehead atoms. The van der Waals surface area contributed by atoms with E-state index in [1.807, 2.05) is 45.2 Å². The molecule has 20 heavy (non-hydrogen) atoms. The Kier molecular flexibility index (Phi) is 4.11. The van der Waals surface area contributed by atoms with Crippen molar-refractivity contribution in [1.29, 1.82) is 5.26 Å². The van der Waals surface area contributed by atoms with Crippen LogP contribution in [0.3, 0.4) is 0 Å². The van der Waals surface area contributed by atoms with E-state index in [2.05, 4.69) is 11.0 Å². The van der Waals surface area contributed by atoms with Crippen LogP contribution in [-0.4, -0.2) is 13.1 Å². The second-order valence-electron chi connectivity index (χ2n) is 5.02. The fourth-order valence-electron chi connectivity index (χ4n) is 2.35. The highest BCUT2D eigenvalue weighted by Gasteiger charge is 2.24. The van der Waals surface area contributed by atoms with E-state index >= 15 is 0 Å². The van der Waals surface area contributed by atoms with Gasteiger partial charge < -0.3 is 15.1 Å². The number of hydrogen-bond acceptors (Lipinski definition) is 4. The predicted octanol–water partition coefficient (Wildman–Crippen LogP) is 2.98. The SMILES string of the molecule is Cc1ccc(C(C(C)N)N(C)c2ccc(C#N)cc2)o1. The van der Waals surface area contributed by atoms with Crippen molar-refractivity contribution in [1.82, 2.24) is 0 Å². The second-order valence-corrected chi connectivity index (χ2v) is 5.02. The molecule has 2 N–H and O–H groups in total. The molecule has 0 saturated heterocycles. The summed E-state index contributed by atoms with van der Waals surface area (Å²) in [5.74, 6) is 1.73. The third kappa shape index (κ3) is 2.84. The van der Waals surface area contributed by atoms with Crippen LogP contribution in [0.25, 0.3) is 0 Å². The maximum atomic E-state index is 8.85. The lowest BCUT2D eigenvalue weighted by Gasteiger charge is -2.31. The normalized spacial score (nSPS) is 13.6. The van der Waals surface area contributed by atoms with Gasteiger partial charge in [-0.25, -0.2) is 0 Å². The van der Waals surface area contributed by atoms with Gasteiger partial charge in [0.2, 0.25) is 0 Å². The molecule has 2 aromatic rings. The van der Waals surface area contributed by atoms with E-state index < -0.39 is 0 Å². The molecule has 4 nitrogen and oxygen atoms in total. The van der Waals surface area contributed by atoms with Crippen molar-refractivity contribution >= 4 is 5.69 Å². The maximum Gasteiger partial charge on any atom is 0.128 e. The average Bonchev–Trinajstić information content (AvgIpc) is 2.85. The number of furan rings is 1. The summed E-state index contributed by atoms with van der Waals surface area (Å²) in [4.78, 5) is 2.07. The Hall–Kier alpha value is -2.25. The predicted molar refractivity (Wildman–Crippen MR) is 79.4 cm³/mol. The highest BCUT2D eigenvalue weighted by atomic mass is 16.3. The Bertz CT molecular complexity index is 607. The highest BCUT2D eigenvalue weighted by Crippen LogP contribution is 2.29. The van der Waals surface area contributed by atoms with Gasteiger partial charge in [0.15, 0.2) is 0 Å². The first kappa shape index (κ1) is 14.2. The number of benzene rings is 1. The Balaban J connectivity index is 2.31. The molecule has 2 unspecified atom stereocenters. The maximum absolute atomic E-state index is 8.85. The van der Waals surface area contributed by atoms with Crippen molar-refractivity contribution in [2.24, 2.45) is 5.73 Å². The first-order valence-electron chi connectivity index (χ1n) is 6.58. The van der Waals surface area contributed by atoms with Crippen LogP contribution in [-0.2, 0) is 0 Å². The summed E-state index contributed by atoms with van der Waals surface area (Å²) in [7, 11) is 1.98. The molecule has 1 heterocycles. The smallest absolute Gasteiger partial charge is 0.128 e. The lowest BCUT2D eigenvalue weighted by Crippen LogP contribution is -2.37. The number of hydrogen-bond donors (Lipinski definition) is 1. The molecule has 0 radical (unpaired) electrons. The van der Waals surface area contributed by atoms with Crippen LogP contribution in [0.5, 0.6) is 0 Å². The molecular formula is C16H19N3O. The Morgan fingerprint density at radius 3 is 2.30 bits per heavy atom. The number of nitrogens with zero attached hydrogens (tertiary/aromatic N) is 2. The first-order chi connectivity index (χ1) is 9.52. The first-order valence-corrected chi connectivity index (χ1v) is 6.58. The van der Waals surface area contributed by atoms with Crippen molar-refractivity contribution in [3.05, 3.63) is 53.5 Å². The largest absolute Gasteiger partial charge is 0.464 e. The molecule has 0 spiro atoms. The number of likely N-dealkylation sites (N-methyl/N-ethyl adjacent to an activating group) is 1. The zero-order valence-electron chi connectivity index (χ0n) is 12.0. The van der Waals surface area contributed by atoms with E-state index in [1.54, 1.807) is 12.1 Å². The van der Waals surface area contributed by atoms with Gasteiger partial charge in [-0.1, -0.05) is 0 Å². The third-order valence-electron chi connectivity index (χ3n) is 3.37. The molecule has 0 aliphatic heterocycles. The van der Waals surface area contributed by atoms with E-state index in [0.717, 1.165) is 17.2 Å². The van der Waals surface area contributed by atoms with Gasteiger partial charge in [-0.2, -0.15) is 5.26 Å². The van der Waals surface area contributed by atoms with Crippen molar-refractivity contribution in [3.63, 3.8) is 0 Å². The summed E-state index contributed by atoms with van der Waals surface area (Å²) in [5.41, 5.74) is 7.77. The molecule has 104 valence electrons. The van der Waals surface area contributed by atoms with Crippen molar-refractivity contribution in [2.45, 2.75) is 25.9 Å². The standard InChI is InChI=1S/C16H19N3O/c1-11-4-9-15(20-11)16(12(2)18)19(3)14-7-5-13(10-17)6-8-14/h4-9,12,16H,18H2,1-3H3. The van der Waals surface area contributed by atoms with Gasteiger partial charge in [0.25, 0.3) is 0 Å². The molecule has 4 heteroatoms. The summed E-state index contributed by atoms with van der Waals surface area (Å²) >= 11 is 0. The lowest BCUT2D eigenvalue weighted by molar-refractivity contribution is 0.410. The molecule has 0 aliphatic carbocycles. The highest BCUT2D eigenvalue weighted by molar-refractivity contribution is 5.50. The fourth-order valence-corrected chi connectivity index (χ4v) is 2.35. The summed E-state index contributed by atoms with van der Waals surface area (Å²) in [5, 5.41) is 8.85. The molecule has 1 aromatic heterocycles.